The first-order chi connectivity index (χ1) is 10.3. The number of aryl methyl sites for hydroxylation is 1. The number of aromatic nitrogens is 1. The van der Waals surface area contributed by atoms with Crippen LogP contribution in [0.15, 0.2) is 60.8 Å². The maximum Gasteiger partial charge on any atom is 0.116 e. The molecule has 0 saturated heterocycles. The number of hydrogen-bond acceptors (Lipinski definition) is 2. The van der Waals surface area contributed by atoms with Crippen LogP contribution in [-0.2, 0) is 12.0 Å². The van der Waals surface area contributed by atoms with E-state index in [2.05, 4.69) is 23.2 Å². The molecule has 4 rings (SSSR count). The van der Waals surface area contributed by atoms with Crippen molar-refractivity contribution in [3.05, 3.63) is 77.5 Å². The zero-order chi connectivity index (χ0) is 14.3. The van der Waals surface area contributed by atoms with E-state index in [0.717, 1.165) is 41.3 Å². The average molecular weight is 275 g/mol. The molecule has 1 atom stereocenters. The summed E-state index contributed by atoms with van der Waals surface area (Å²) in [6.07, 6.45) is 4.61. The van der Waals surface area contributed by atoms with Crippen LogP contribution in [0.4, 0.5) is 0 Å². The number of pyridine rings is 1. The first kappa shape index (κ1) is 12.5. The molecule has 1 N–H and O–H groups in total. The van der Waals surface area contributed by atoms with Gasteiger partial charge in [0.2, 0.25) is 0 Å². The lowest BCUT2D eigenvalue weighted by atomic mass is 9.74. The Kier molecular flexibility index (Phi) is 2.79. The van der Waals surface area contributed by atoms with Crippen molar-refractivity contribution in [1.29, 1.82) is 0 Å². The molecular formula is C19H17NO. The van der Waals surface area contributed by atoms with Crippen molar-refractivity contribution in [1.82, 2.24) is 4.98 Å². The van der Waals surface area contributed by atoms with Crippen molar-refractivity contribution in [3.63, 3.8) is 0 Å². The zero-order valence-corrected chi connectivity index (χ0v) is 11.8. The molecule has 1 aromatic heterocycles. The average Bonchev–Trinajstić information content (AvgIpc) is 2.55. The van der Waals surface area contributed by atoms with Gasteiger partial charge in [0.05, 0.1) is 5.52 Å². The fraction of sp³-hybridized carbons (Fsp3) is 0.211. The third-order valence-corrected chi connectivity index (χ3v) is 4.54. The van der Waals surface area contributed by atoms with Crippen LogP contribution in [0.5, 0.6) is 0 Å². The van der Waals surface area contributed by atoms with Gasteiger partial charge in [0, 0.05) is 11.6 Å². The van der Waals surface area contributed by atoms with Crippen molar-refractivity contribution in [2.45, 2.75) is 24.9 Å². The van der Waals surface area contributed by atoms with Crippen LogP contribution in [0.3, 0.4) is 0 Å². The van der Waals surface area contributed by atoms with Gasteiger partial charge < -0.3 is 5.11 Å². The first-order valence-electron chi connectivity index (χ1n) is 7.44. The molecule has 1 aliphatic rings. The lowest BCUT2D eigenvalue weighted by Gasteiger charge is -2.35. The highest BCUT2D eigenvalue weighted by Crippen LogP contribution is 2.42. The lowest BCUT2D eigenvalue weighted by Crippen LogP contribution is -2.32. The Balaban J connectivity index is 2.01. The van der Waals surface area contributed by atoms with E-state index in [1.165, 1.54) is 5.56 Å². The number of hydrogen-bond donors (Lipinski definition) is 1. The van der Waals surface area contributed by atoms with Crippen molar-refractivity contribution < 1.29 is 5.11 Å². The van der Waals surface area contributed by atoms with Crippen molar-refractivity contribution in [2.75, 3.05) is 0 Å². The number of nitrogens with zero attached hydrogens (tertiary/aromatic N) is 1. The molecule has 0 aliphatic heterocycles. The van der Waals surface area contributed by atoms with Crippen molar-refractivity contribution in [3.8, 4) is 0 Å². The predicted octanol–water partition coefficient (Wildman–Crippen LogP) is 3.81. The molecule has 21 heavy (non-hydrogen) atoms. The number of rotatable bonds is 1. The minimum Gasteiger partial charge on any atom is -0.380 e. The summed E-state index contributed by atoms with van der Waals surface area (Å²) in [5.41, 5.74) is 3.31. The fourth-order valence-corrected chi connectivity index (χ4v) is 3.55. The summed E-state index contributed by atoms with van der Waals surface area (Å²) in [5, 5.41) is 12.5. The molecule has 2 heteroatoms. The van der Waals surface area contributed by atoms with E-state index in [-0.39, 0.29) is 0 Å². The summed E-state index contributed by atoms with van der Waals surface area (Å²) in [7, 11) is 0. The highest BCUT2D eigenvalue weighted by atomic mass is 16.3. The third kappa shape index (κ3) is 1.87. The Hall–Kier alpha value is -2.19. The molecule has 2 aromatic carbocycles. The molecule has 0 spiro atoms. The summed E-state index contributed by atoms with van der Waals surface area (Å²) < 4.78 is 0. The van der Waals surface area contributed by atoms with E-state index >= 15 is 0 Å². The molecule has 2 nitrogen and oxygen atoms in total. The molecule has 0 radical (unpaired) electrons. The predicted molar refractivity (Wildman–Crippen MR) is 84.1 cm³/mol. The molecule has 0 amide bonds. The highest BCUT2D eigenvalue weighted by Gasteiger charge is 2.36. The Morgan fingerprint density at radius 3 is 2.71 bits per heavy atom. The number of fused-ring (bicyclic) bond motifs is 2. The second-order valence-corrected chi connectivity index (χ2v) is 5.75. The zero-order valence-electron chi connectivity index (χ0n) is 11.8. The second kappa shape index (κ2) is 4.68. The lowest BCUT2D eigenvalue weighted by molar-refractivity contribution is 0.0631. The van der Waals surface area contributed by atoms with Gasteiger partial charge in [0.25, 0.3) is 0 Å². The topological polar surface area (TPSA) is 33.1 Å². The van der Waals surface area contributed by atoms with Crippen LogP contribution in [0.1, 0.15) is 29.5 Å². The smallest absolute Gasteiger partial charge is 0.116 e. The molecule has 0 saturated carbocycles. The maximum atomic E-state index is 11.5. The summed E-state index contributed by atoms with van der Waals surface area (Å²) in [4.78, 5) is 4.41. The van der Waals surface area contributed by atoms with Crippen LogP contribution >= 0.6 is 0 Å². The first-order valence-corrected chi connectivity index (χ1v) is 7.44. The SMILES string of the molecule is OC1(c2cccc3ncccc23)CCCc2ccccc21. The minimum atomic E-state index is -0.905. The van der Waals surface area contributed by atoms with Gasteiger partial charge in [-0.2, -0.15) is 0 Å². The molecule has 3 aromatic rings. The van der Waals surface area contributed by atoms with Gasteiger partial charge in [-0.3, -0.25) is 4.98 Å². The van der Waals surface area contributed by atoms with Crippen molar-refractivity contribution in [2.24, 2.45) is 0 Å². The molecule has 1 aliphatic carbocycles. The standard InChI is InChI=1S/C19H17NO/c21-19(12-4-7-14-6-1-2-9-16(14)19)17-10-3-11-18-15(17)8-5-13-20-18/h1-3,5-6,8-11,13,21H,4,7,12H2. The van der Waals surface area contributed by atoms with E-state index in [1.807, 2.05) is 36.4 Å². The molecule has 0 bridgehead atoms. The van der Waals surface area contributed by atoms with Crippen molar-refractivity contribution >= 4 is 10.9 Å². The van der Waals surface area contributed by atoms with E-state index < -0.39 is 5.60 Å². The van der Waals surface area contributed by atoms with Crippen LogP contribution in [-0.4, -0.2) is 10.1 Å². The molecule has 0 fully saturated rings. The second-order valence-electron chi connectivity index (χ2n) is 5.75. The maximum absolute atomic E-state index is 11.5. The monoisotopic (exact) mass is 275 g/mol. The Labute approximate surface area is 124 Å². The van der Waals surface area contributed by atoms with Gasteiger partial charge in [0.1, 0.15) is 5.60 Å². The summed E-state index contributed by atoms with van der Waals surface area (Å²) in [6.45, 7) is 0. The normalized spacial score (nSPS) is 21.2. The van der Waals surface area contributed by atoms with E-state index in [1.54, 1.807) is 6.20 Å². The van der Waals surface area contributed by atoms with Gasteiger partial charge >= 0.3 is 0 Å². The summed E-state index contributed by atoms with van der Waals surface area (Å²) in [6, 6.07) is 18.2. The Morgan fingerprint density at radius 2 is 1.76 bits per heavy atom. The van der Waals surface area contributed by atoms with Gasteiger partial charge in [0.15, 0.2) is 0 Å². The molecule has 104 valence electrons. The highest BCUT2D eigenvalue weighted by molar-refractivity contribution is 5.83. The van der Waals surface area contributed by atoms with E-state index in [0.29, 0.717) is 0 Å². The summed E-state index contributed by atoms with van der Waals surface area (Å²) in [5.74, 6) is 0. The minimum absolute atomic E-state index is 0.762. The fourth-order valence-electron chi connectivity index (χ4n) is 3.55. The Morgan fingerprint density at radius 1 is 0.905 bits per heavy atom. The van der Waals surface area contributed by atoms with Crippen LogP contribution in [0.2, 0.25) is 0 Å². The van der Waals surface area contributed by atoms with E-state index in [9.17, 15) is 5.11 Å². The van der Waals surface area contributed by atoms with Gasteiger partial charge in [-0.15, -0.1) is 0 Å². The third-order valence-electron chi connectivity index (χ3n) is 4.54. The largest absolute Gasteiger partial charge is 0.380 e. The van der Waals surface area contributed by atoms with Gasteiger partial charge in [-0.05, 0) is 48.1 Å². The van der Waals surface area contributed by atoms with Crippen LogP contribution in [0, 0.1) is 0 Å². The molecular weight excluding hydrogens is 258 g/mol. The van der Waals surface area contributed by atoms with Gasteiger partial charge in [-0.25, -0.2) is 0 Å². The van der Waals surface area contributed by atoms with Gasteiger partial charge in [-0.1, -0.05) is 42.5 Å². The van der Waals surface area contributed by atoms with Crippen LogP contribution < -0.4 is 0 Å². The molecule has 1 unspecified atom stereocenters. The number of benzene rings is 2. The number of aliphatic hydroxyl groups is 1. The van der Waals surface area contributed by atoms with Crippen LogP contribution in [0.25, 0.3) is 10.9 Å². The summed E-state index contributed by atoms with van der Waals surface area (Å²) >= 11 is 0. The quantitative estimate of drug-likeness (QED) is 0.732. The van der Waals surface area contributed by atoms with E-state index in [4.69, 9.17) is 0 Å². The molecule has 1 heterocycles. The Bertz CT molecular complexity index is 806.